The standard InChI is InChI=1S/C27H46N4O5S/c1-19(2)10-9-14-28-23(33)16-36-26(3,4)13-15-35-27(5,6)18-29-22(32)12-8-7-11-21-24-20(17-37-21)30-25(34)31-24/h19-21,24H,7-8,11-18H2,1-6H3,(H,28,33)(H,29,32)(H2,30,31,34)/t20-,21-,24-/m0/s1. The molecule has 0 spiro atoms. The van der Waals surface area contributed by atoms with Crippen molar-refractivity contribution in [1.29, 1.82) is 0 Å². The van der Waals surface area contributed by atoms with Gasteiger partial charge in [-0.2, -0.15) is 11.8 Å². The molecule has 0 unspecified atom stereocenters. The summed E-state index contributed by atoms with van der Waals surface area (Å²) < 4.78 is 11.8. The zero-order valence-electron chi connectivity index (χ0n) is 23.3. The number of hydrogen-bond acceptors (Lipinski definition) is 6. The smallest absolute Gasteiger partial charge is 0.315 e. The minimum absolute atomic E-state index is 0.0252. The summed E-state index contributed by atoms with van der Waals surface area (Å²) in [5.41, 5.74) is -1.03. The first-order chi connectivity index (χ1) is 17.4. The van der Waals surface area contributed by atoms with Crippen molar-refractivity contribution in [3.05, 3.63) is 0 Å². The first-order valence-corrected chi connectivity index (χ1v) is 14.4. The largest absolute Gasteiger partial charge is 0.374 e. The number of urea groups is 1. The van der Waals surface area contributed by atoms with Gasteiger partial charge in [0.05, 0.1) is 36.4 Å². The van der Waals surface area contributed by atoms with Crippen LogP contribution in [0.15, 0.2) is 0 Å². The molecule has 3 atom stereocenters. The van der Waals surface area contributed by atoms with Gasteiger partial charge >= 0.3 is 6.03 Å². The Morgan fingerprint density at radius 1 is 1.08 bits per heavy atom. The summed E-state index contributed by atoms with van der Waals surface area (Å²) in [5.74, 6) is 6.98. The number of rotatable bonds is 15. The van der Waals surface area contributed by atoms with Crippen LogP contribution in [0.2, 0.25) is 0 Å². The van der Waals surface area contributed by atoms with Gasteiger partial charge < -0.3 is 30.7 Å². The van der Waals surface area contributed by atoms with Gasteiger partial charge in [0.15, 0.2) is 0 Å². The number of unbranched alkanes of at least 4 members (excludes halogenated alkanes) is 1. The first-order valence-electron chi connectivity index (χ1n) is 13.4. The van der Waals surface area contributed by atoms with E-state index in [-0.39, 0.29) is 42.5 Å². The van der Waals surface area contributed by atoms with Gasteiger partial charge in [-0.15, -0.1) is 0 Å². The highest BCUT2D eigenvalue weighted by Crippen LogP contribution is 2.33. The molecule has 0 aromatic rings. The Bertz CT molecular complexity index is 836. The van der Waals surface area contributed by atoms with Crippen molar-refractivity contribution in [3.8, 4) is 11.8 Å². The van der Waals surface area contributed by atoms with Crippen LogP contribution in [-0.4, -0.2) is 78.4 Å². The van der Waals surface area contributed by atoms with E-state index in [1.54, 1.807) is 0 Å². The predicted molar refractivity (Wildman–Crippen MR) is 147 cm³/mol. The van der Waals surface area contributed by atoms with Gasteiger partial charge in [-0.1, -0.05) is 32.1 Å². The van der Waals surface area contributed by atoms with E-state index in [1.807, 2.05) is 53.3 Å². The van der Waals surface area contributed by atoms with Crippen molar-refractivity contribution >= 4 is 29.6 Å². The summed E-state index contributed by atoms with van der Waals surface area (Å²) in [7, 11) is 0. The van der Waals surface area contributed by atoms with Gasteiger partial charge in [0, 0.05) is 29.9 Å². The van der Waals surface area contributed by atoms with Gasteiger partial charge in [0.1, 0.15) is 6.61 Å². The number of nitrogens with one attached hydrogen (secondary N) is 4. The number of thioether (sulfide) groups is 1. The lowest BCUT2D eigenvalue weighted by Gasteiger charge is -2.29. The molecule has 2 aliphatic rings. The molecule has 10 heteroatoms. The highest BCUT2D eigenvalue weighted by molar-refractivity contribution is 8.00. The zero-order valence-corrected chi connectivity index (χ0v) is 24.1. The summed E-state index contributed by atoms with van der Waals surface area (Å²) in [6.45, 7) is 12.9. The highest BCUT2D eigenvalue weighted by atomic mass is 32.2. The Morgan fingerprint density at radius 2 is 1.84 bits per heavy atom. The van der Waals surface area contributed by atoms with Gasteiger partial charge in [0.2, 0.25) is 11.8 Å². The molecule has 210 valence electrons. The van der Waals surface area contributed by atoms with Gasteiger partial charge in [0.25, 0.3) is 0 Å². The Balaban J connectivity index is 1.54. The molecule has 0 bridgehead atoms. The SMILES string of the molecule is CC(C)C#CCNC(=O)COC(C)(C)CCOC(C)(C)CNC(=O)CCCC[C@@H]1SC[C@@H]2NC(=O)N[C@@H]21. The molecule has 9 nitrogen and oxygen atoms in total. The normalized spacial score (nSPS) is 21.1. The van der Waals surface area contributed by atoms with Crippen molar-refractivity contribution in [1.82, 2.24) is 21.3 Å². The third-order valence-electron chi connectivity index (χ3n) is 6.35. The van der Waals surface area contributed by atoms with Crippen LogP contribution in [0.4, 0.5) is 4.79 Å². The molecule has 0 saturated carbocycles. The van der Waals surface area contributed by atoms with Crippen LogP contribution in [0.3, 0.4) is 0 Å². The van der Waals surface area contributed by atoms with Gasteiger partial charge in [-0.05, 0) is 47.0 Å². The van der Waals surface area contributed by atoms with Crippen LogP contribution in [0.1, 0.15) is 73.6 Å². The molecule has 37 heavy (non-hydrogen) atoms. The van der Waals surface area contributed by atoms with Crippen LogP contribution in [0.25, 0.3) is 0 Å². The van der Waals surface area contributed by atoms with Crippen molar-refractivity contribution in [3.63, 3.8) is 0 Å². The second-order valence-corrected chi connectivity index (χ2v) is 12.6. The van der Waals surface area contributed by atoms with E-state index in [2.05, 4.69) is 33.1 Å². The molecule has 4 N–H and O–H groups in total. The fourth-order valence-electron chi connectivity index (χ4n) is 4.08. The fraction of sp³-hybridized carbons (Fsp3) is 0.815. The summed E-state index contributed by atoms with van der Waals surface area (Å²) in [6, 6.07) is 0.391. The predicted octanol–water partition coefficient (Wildman–Crippen LogP) is 2.58. The van der Waals surface area contributed by atoms with Crippen LogP contribution in [-0.2, 0) is 19.1 Å². The summed E-state index contributed by atoms with van der Waals surface area (Å²) in [5, 5.41) is 12.1. The van der Waals surface area contributed by atoms with E-state index < -0.39 is 11.2 Å². The Kier molecular flexibility index (Phi) is 12.5. The number of carbonyl (C=O) groups excluding carboxylic acids is 3. The molecule has 2 saturated heterocycles. The average molecular weight is 539 g/mol. The molecule has 2 heterocycles. The number of hydrogen-bond donors (Lipinski definition) is 4. The van der Waals surface area contributed by atoms with E-state index >= 15 is 0 Å². The molecular formula is C27H46N4O5S. The molecule has 0 aromatic heterocycles. The first kappa shape index (κ1) is 31.3. The second kappa shape index (κ2) is 14.8. The van der Waals surface area contributed by atoms with Gasteiger partial charge in [-0.3, -0.25) is 9.59 Å². The van der Waals surface area contributed by atoms with E-state index in [1.165, 1.54) is 0 Å². The zero-order chi connectivity index (χ0) is 27.5. The van der Waals surface area contributed by atoms with Crippen LogP contribution < -0.4 is 21.3 Å². The maximum Gasteiger partial charge on any atom is 0.315 e. The third kappa shape index (κ3) is 12.4. The number of amides is 4. The number of ether oxygens (including phenoxy) is 2. The number of carbonyl (C=O) groups is 3. The second-order valence-electron chi connectivity index (χ2n) is 11.3. The Hall–Kier alpha value is -1.96. The molecule has 0 radical (unpaired) electrons. The van der Waals surface area contributed by atoms with Crippen molar-refractivity contribution < 1.29 is 23.9 Å². The average Bonchev–Trinajstić information content (AvgIpc) is 3.36. The lowest BCUT2D eigenvalue weighted by molar-refractivity contribution is -0.133. The monoisotopic (exact) mass is 538 g/mol. The fourth-order valence-corrected chi connectivity index (χ4v) is 5.62. The minimum atomic E-state index is -0.519. The molecule has 2 rings (SSSR count). The van der Waals surface area contributed by atoms with E-state index in [4.69, 9.17) is 9.47 Å². The summed E-state index contributed by atoms with van der Waals surface area (Å²) >= 11 is 1.90. The van der Waals surface area contributed by atoms with Crippen LogP contribution in [0, 0.1) is 17.8 Å². The summed E-state index contributed by atoms with van der Waals surface area (Å²) in [4.78, 5) is 35.7. The van der Waals surface area contributed by atoms with Crippen molar-refractivity contribution in [2.24, 2.45) is 5.92 Å². The molecule has 4 amide bonds. The van der Waals surface area contributed by atoms with Crippen LogP contribution in [0.5, 0.6) is 0 Å². The molecule has 0 aromatic carbocycles. The Labute approximate surface area is 226 Å². The van der Waals surface area contributed by atoms with Crippen molar-refractivity contribution in [2.45, 2.75) is 102 Å². The lowest BCUT2D eigenvalue weighted by Crippen LogP contribution is -2.41. The van der Waals surface area contributed by atoms with E-state index in [9.17, 15) is 14.4 Å². The van der Waals surface area contributed by atoms with E-state index in [0.29, 0.717) is 37.8 Å². The quantitative estimate of drug-likeness (QED) is 0.145. The number of fused-ring (bicyclic) bond motifs is 1. The summed E-state index contributed by atoms with van der Waals surface area (Å²) in [6.07, 6.45) is 3.89. The highest BCUT2D eigenvalue weighted by Gasteiger charge is 2.42. The molecule has 2 fully saturated rings. The van der Waals surface area contributed by atoms with Gasteiger partial charge in [-0.25, -0.2) is 4.79 Å². The topological polar surface area (TPSA) is 118 Å². The molecule has 0 aliphatic carbocycles. The minimum Gasteiger partial charge on any atom is -0.374 e. The van der Waals surface area contributed by atoms with Crippen molar-refractivity contribution in [2.75, 3.05) is 32.1 Å². The van der Waals surface area contributed by atoms with Crippen LogP contribution >= 0.6 is 11.8 Å². The van der Waals surface area contributed by atoms with E-state index in [0.717, 1.165) is 25.0 Å². The Morgan fingerprint density at radius 3 is 2.57 bits per heavy atom. The third-order valence-corrected chi connectivity index (χ3v) is 7.86. The maximum absolute atomic E-state index is 12.3. The maximum atomic E-state index is 12.3. The lowest BCUT2D eigenvalue weighted by atomic mass is 10.0. The molecular weight excluding hydrogens is 492 g/mol. The molecule has 2 aliphatic heterocycles.